The van der Waals surface area contributed by atoms with Crippen LogP contribution in [0.1, 0.15) is 12.0 Å². The van der Waals surface area contributed by atoms with Gasteiger partial charge in [0.05, 0.1) is 0 Å². The van der Waals surface area contributed by atoms with Crippen LogP contribution in [0.25, 0.3) is 0 Å². The summed E-state index contributed by atoms with van der Waals surface area (Å²) in [5.74, 6) is -0.772. The molecule has 19 heavy (non-hydrogen) atoms. The van der Waals surface area contributed by atoms with E-state index >= 15 is 0 Å². The molecule has 0 aliphatic rings. The summed E-state index contributed by atoms with van der Waals surface area (Å²) in [5.41, 5.74) is 1.06. The third-order valence-electron chi connectivity index (χ3n) is 2.62. The average molecular weight is 293 g/mol. The fourth-order valence-electron chi connectivity index (χ4n) is 1.68. The van der Waals surface area contributed by atoms with Crippen LogP contribution < -0.4 is 0 Å². The van der Waals surface area contributed by atoms with E-state index < -0.39 is 5.97 Å². The molecule has 0 spiro atoms. The molecule has 0 atom stereocenters. The van der Waals surface area contributed by atoms with Crippen molar-refractivity contribution in [2.75, 3.05) is 0 Å². The molecule has 0 saturated heterocycles. The standard InChI is InChI=1S/C15H13ClO2S/c16-12-6-8-13(9-7-12)19-14-4-2-1-3-11(14)5-10-15(17)18/h1-4,6-9H,5,10H2,(H,17,18). The molecule has 0 saturated carbocycles. The van der Waals surface area contributed by atoms with E-state index in [1.165, 1.54) is 0 Å². The molecule has 2 aromatic rings. The predicted molar refractivity (Wildman–Crippen MR) is 78.0 cm³/mol. The predicted octanol–water partition coefficient (Wildman–Crippen LogP) is 4.51. The summed E-state index contributed by atoms with van der Waals surface area (Å²) in [5, 5.41) is 9.48. The molecule has 0 unspecified atom stereocenters. The van der Waals surface area contributed by atoms with Gasteiger partial charge in [-0.05, 0) is 42.3 Å². The normalized spacial score (nSPS) is 10.4. The topological polar surface area (TPSA) is 37.3 Å². The van der Waals surface area contributed by atoms with Gasteiger partial charge in [0.15, 0.2) is 0 Å². The molecule has 0 aliphatic heterocycles. The number of rotatable bonds is 5. The van der Waals surface area contributed by atoms with Crippen molar-refractivity contribution in [3.05, 3.63) is 59.1 Å². The first-order chi connectivity index (χ1) is 9.15. The maximum atomic E-state index is 10.7. The molecule has 2 rings (SSSR count). The van der Waals surface area contributed by atoms with Gasteiger partial charge < -0.3 is 5.11 Å². The summed E-state index contributed by atoms with van der Waals surface area (Å²) in [6, 6.07) is 15.5. The lowest BCUT2D eigenvalue weighted by molar-refractivity contribution is -0.136. The number of halogens is 1. The summed E-state index contributed by atoms with van der Waals surface area (Å²) >= 11 is 7.48. The van der Waals surface area contributed by atoms with Crippen LogP contribution in [-0.4, -0.2) is 11.1 Å². The number of carboxylic acids is 1. The molecule has 0 bridgehead atoms. The van der Waals surface area contributed by atoms with Crippen molar-refractivity contribution in [1.82, 2.24) is 0 Å². The molecule has 0 aromatic heterocycles. The summed E-state index contributed by atoms with van der Waals surface area (Å²) in [6.45, 7) is 0. The second kappa shape index (κ2) is 6.64. The Balaban J connectivity index is 2.15. The molecule has 0 fully saturated rings. The highest BCUT2D eigenvalue weighted by Crippen LogP contribution is 2.31. The number of carboxylic acid groups (broad SMARTS) is 1. The number of aryl methyl sites for hydroxylation is 1. The highest BCUT2D eigenvalue weighted by Gasteiger charge is 2.06. The molecule has 4 heteroatoms. The SMILES string of the molecule is O=C(O)CCc1ccccc1Sc1ccc(Cl)cc1. The van der Waals surface area contributed by atoms with E-state index in [1.54, 1.807) is 11.8 Å². The van der Waals surface area contributed by atoms with Crippen LogP contribution in [0.2, 0.25) is 5.02 Å². The zero-order valence-electron chi connectivity index (χ0n) is 10.2. The molecular formula is C15H13ClO2S. The monoisotopic (exact) mass is 292 g/mol. The van der Waals surface area contributed by atoms with E-state index in [1.807, 2.05) is 48.5 Å². The van der Waals surface area contributed by atoms with Crippen molar-refractivity contribution >= 4 is 29.3 Å². The van der Waals surface area contributed by atoms with Crippen molar-refractivity contribution in [3.63, 3.8) is 0 Å². The smallest absolute Gasteiger partial charge is 0.303 e. The molecule has 0 amide bonds. The minimum absolute atomic E-state index is 0.151. The van der Waals surface area contributed by atoms with Crippen molar-refractivity contribution < 1.29 is 9.90 Å². The quantitative estimate of drug-likeness (QED) is 0.881. The molecule has 0 radical (unpaired) electrons. The van der Waals surface area contributed by atoms with Crippen molar-refractivity contribution in [3.8, 4) is 0 Å². The Labute approximate surface area is 121 Å². The molecule has 98 valence electrons. The minimum Gasteiger partial charge on any atom is -0.481 e. The van der Waals surface area contributed by atoms with Gasteiger partial charge in [0, 0.05) is 21.2 Å². The first kappa shape index (κ1) is 14.0. The largest absolute Gasteiger partial charge is 0.481 e. The molecule has 0 aliphatic carbocycles. The lowest BCUT2D eigenvalue weighted by atomic mass is 10.1. The van der Waals surface area contributed by atoms with E-state index in [0.717, 1.165) is 15.4 Å². The van der Waals surface area contributed by atoms with Gasteiger partial charge in [-0.25, -0.2) is 0 Å². The van der Waals surface area contributed by atoms with E-state index in [4.69, 9.17) is 16.7 Å². The zero-order chi connectivity index (χ0) is 13.7. The Hall–Kier alpha value is -1.45. The Bertz CT molecular complexity index is 567. The highest BCUT2D eigenvalue weighted by molar-refractivity contribution is 7.99. The number of carbonyl (C=O) groups is 1. The van der Waals surface area contributed by atoms with Gasteiger partial charge >= 0.3 is 5.97 Å². The van der Waals surface area contributed by atoms with Gasteiger partial charge in [-0.2, -0.15) is 0 Å². The molecule has 0 heterocycles. The van der Waals surface area contributed by atoms with Crippen LogP contribution in [-0.2, 0) is 11.2 Å². The van der Waals surface area contributed by atoms with Crippen molar-refractivity contribution in [2.45, 2.75) is 22.6 Å². The van der Waals surface area contributed by atoms with Crippen LogP contribution in [0, 0.1) is 0 Å². The van der Waals surface area contributed by atoms with E-state index in [0.29, 0.717) is 11.4 Å². The van der Waals surface area contributed by atoms with Gasteiger partial charge in [0.2, 0.25) is 0 Å². The third kappa shape index (κ3) is 4.30. The second-order valence-electron chi connectivity index (χ2n) is 4.06. The summed E-state index contributed by atoms with van der Waals surface area (Å²) in [7, 11) is 0. The minimum atomic E-state index is -0.772. The third-order valence-corrected chi connectivity index (χ3v) is 4.00. The summed E-state index contributed by atoms with van der Waals surface area (Å²) in [4.78, 5) is 12.8. The first-order valence-electron chi connectivity index (χ1n) is 5.88. The Kier molecular flexibility index (Phi) is 4.88. The van der Waals surface area contributed by atoms with Gasteiger partial charge in [0.1, 0.15) is 0 Å². The van der Waals surface area contributed by atoms with E-state index in [-0.39, 0.29) is 6.42 Å². The molecule has 2 aromatic carbocycles. The highest BCUT2D eigenvalue weighted by atomic mass is 35.5. The summed E-state index contributed by atoms with van der Waals surface area (Å²) in [6.07, 6.45) is 0.699. The fraction of sp³-hybridized carbons (Fsp3) is 0.133. The van der Waals surface area contributed by atoms with Gasteiger partial charge in [-0.15, -0.1) is 0 Å². The molecular weight excluding hydrogens is 280 g/mol. The maximum Gasteiger partial charge on any atom is 0.303 e. The first-order valence-corrected chi connectivity index (χ1v) is 7.08. The van der Waals surface area contributed by atoms with Crippen LogP contribution in [0.4, 0.5) is 0 Å². The Morgan fingerprint density at radius 3 is 2.47 bits per heavy atom. The van der Waals surface area contributed by atoms with Crippen LogP contribution in [0.5, 0.6) is 0 Å². The van der Waals surface area contributed by atoms with Crippen molar-refractivity contribution in [1.29, 1.82) is 0 Å². The molecule has 1 N–H and O–H groups in total. The van der Waals surface area contributed by atoms with Gasteiger partial charge in [-0.3, -0.25) is 4.79 Å². The Morgan fingerprint density at radius 1 is 1.11 bits per heavy atom. The lowest BCUT2D eigenvalue weighted by Crippen LogP contribution is -1.98. The average Bonchev–Trinajstić information content (AvgIpc) is 2.40. The fourth-order valence-corrected chi connectivity index (χ4v) is 2.78. The van der Waals surface area contributed by atoms with Gasteiger partial charge in [-0.1, -0.05) is 41.6 Å². The van der Waals surface area contributed by atoms with Crippen LogP contribution >= 0.6 is 23.4 Å². The van der Waals surface area contributed by atoms with E-state index in [9.17, 15) is 4.79 Å². The molecule has 2 nitrogen and oxygen atoms in total. The zero-order valence-corrected chi connectivity index (χ0v) is 11.7. The van der Waals surface area contributed by atoms with Gasteiger partial charge in [0.25, 0.3) is 0 Å². The Morgan fingerprint density at radius 2 is 1.79 bits per heavy atom. The lowest BCUT2D eigenvalue weighted by Gasteiger charge is -2.08. The van der Waals surface area contributed by atoms with Crippen LogP contribution in [0.15, 0.2) is 58.3 Å². The number of hydrogen-bond donors (Lipinski definition) is 1. The number of benzene rings is 2. The maximum absolute atomic E-state index is 10.7. The van der Waals surface area contributed by atoms with Crippen LogP contribution in [0.3, 0.4) is 0 Å². The van der Waals surface area contributed by atoms with Crippen molar-refractivity contribution in [2.24, 2.45) is 0 Å². The number of aliphatic carboxylic acids is 1. The number of hydrogen-bond acceptors (Lipinski definition) is 2. The van der Waals surface area contributed by atoms with E-state index in [2.05, 4.69) is 0 Å². The summed E-state index contributed by atoms with van der Waals surface area (Å²) < 4.78 is 0. The second-order valence-corrected chi connectivity index (χ2v) is 5.61.